The maximum absolute atomic E-state index is 14.9. The van der Waals surface area contributed by atoms with Gasteiger partial charge in [-0.15, -0.1) is 0 Å². The fraction of sp³-hybridized carbons (Fsp3) is 0.355. The minimum atomic E-state index is -0.570. The zero-order chi connectivity index (χ0) is 25.2. The highest BCUT2D eigenvalue weighted by Gasteiger charge is 2.27. The number of likely N-dealkylation sites (tertiary alicyclic amines) is 1. The van der Waals surface area contributed by atoms with Crippen molar-refractivity contribution in [2.75, 3.05) is 26.3 Å². The number of rotatable bonds is 7. The molecule has 2 aliphatic rings. The van der Waals surface area contributed by atoms with Crippen LogP contribution < -0.4 is 0 Å². The van der Waals surface area contributed by atoms with Crippen LogP contribution >= 0.6 is 11.6 Å². The second-order valence-electron chi connectivity index (χ2n) is 10.2. The average Bonchev–Trinajstić information content (AvgIpc) is 3.01. The maximum atomic E-state index is 14.9. The molecular weight excluding hydrogens is 479 g/mol. The first kappa shape index (κ1) is 25.1. The van der Waals surface area contributed by atoms with Gasteiger partial charge in [-0.2, -0.15) is 0 Å². The Kier molecular flexibility index (Phi) is 7.55. The van der Waals surface area contributed by atoms with Gasteiger partial charge in [0.25, 0.3) is 0 Å². The van der Waals surface area contributed by atoms with Crippen molar-refractivity contribution >= 4 is 22.7 Å². The summed E-state index contributed by atoms with van der Waals surface area (Å²) >= 11 is 6.70. The Balaban J connectivity index is 1.52. The number of hydrogen-bond acceptors (Lipinski definition) is 1. The van der Waals surface area contributed by atoms with E-state index >= 15 is 0 Å². The zero-order valence-electron chi connectivity index (χ0n) is 20.6. The Morgan fingerprint density at radius 2 is 1.72 bits per heavy atom. The van der Waals surface area contributed by atoms with Gasteiger partial charge in [-0.05, 0) is 102 Å². The van der Waals surface area contributed by atoms with Crippen molar-refractivity contribution in [2.45, 2.75) is 39.0 Å². The second kappa shape index (κ2) is 10.8. The first-order valence-corrected chi connectivity index (χ1v) is 13.2. The fourth-order valence-corrected chi connectivity index (χ4v) is 6.04. The third-order valence-corrected chi connectivity index (χ3v) is 7.76. The molecule has 0 spiro atoms. The van der Waals surface area contributed by atoms with Crippen molar-refractivity contribution in [3.05, 3.63) is 105 Å². The van der Waals surface area contributed by atoms with Crippen molar-refractivity contribution in [1.82, 2.24) is 4.90 Å². The summed E-state index contributed by atoms with van der Waals surface area (Å²) in [6, 6.07) is 16.8. The van der Waals surface area contributed by atoms with E-state index in [0.717, 1.165) is 72.8 Å². The molecule has 1 heterocycles. The summed E-state index contributed by atoms with van der Waals surface area (Å²) in [5, 5.41) is 0.654. The van der Waals surface area contributed by atoms with Crippen LogP contribution in [0.2, 0.25) is 5.02 Å². The number of allylic oxidation sites excluding steroid dienone is 1. The molecule has 5 heteroatoms. The van der Waals surface area contributed by atoms with E-state index in [2.05, 4.69) is 29.2 Å². The molecule has 0 radical (unpaired) electrons. The van der Waals surface area contributed by atoms with E-state index in [4.69, 9.17) is 11.6 Å². The van der Waals surface area contributed by atoms with Crippen LogP contribution in [-0.4, -0.2) is 31.2 Å². The molecule has 0 aromatic heterocycles. The Labute approximate surface area is 216 Å². The van der Waals surface area contributed by atoms with Crippen molar-refractivity contribution in [3.63, 3.8) is 0 Å². The van der Waals surface area contributed by atoms with Crippen molar-refractivity contribution < 1.29 is 13.2 Å². The molecule has 1 aliphatic heterocycles. The van der Waals surface area contributed by atoms with E-state index < -0.39 is 11.6 Å². The van der Waals surface area contributed by atoms with E-state index in [0.29, 0.717) is 34.9 Å². The molecule has 1 aliphatic carbocycles. The second-order valence-corrected chi connectivity index (χ2v) is 10.6. The van der Waals surface area contributed by atoms with Gasteiger partial charge in [-0.1, -0.05) is 48.0 Å². The Hall–Kier alpha value is -2.56. The summed E-state index contributed by atoms with van der Waals surface area (Å²) in [5.41, 5.74) is 7.24. The van der Waals surface area contributed by atoms with Gasteiger partial charge in [0.1, 0.15) is 11.6 Å². The van der Waals surface area contributed by atoms with Crippen molar-refractivity contribution in [1.29, 1.82) is 0 Å². The molecule has 3 aromatic carbocycles. The summed E-state index contributed by atoms with van der Waals surface area (Å²) in [5.74, 6) is -0.477. The van der Waals surface area contributed by atoms with Gasteiger partial charge in [0.2, 0.25) is 0 Å². The molecule has 1 fully saturated rings. The van der Waals surface area contributed by atoms with Crippen molar-refractivity contribution in [3.8, 4) is 0 Å². The summed E-state index contributed by atoms with van der Waals surface area (Å²) in [6.07, 6.45) is 3.62. The predicted octanol–water partition coefficient (Wildman–Crippen LogP) is 8.06. The SMILES string of the molecule is Cc1ccc(C2=C(c3ccc(CC4CN(CCCF)C4)cc3)c3cc(F)cc(F)c3CCC2)c(Cl)c1. The monoisotopic (exact) mass is 509 g/mol. The molecule has 0 amide bonds. The van der Waals surface area contributed by atoms with Gasteiger partial charge in [0.05, 0.1) is 6.67 Å². The van der Waals surface area contributed by atoms with E-state index in [9.17, 15) is 13.2 Å². The molecule has 5 rings (SSSR count). The van der Waals surface area contributed by atoms with E-state index in [1.165, 1.54) is 11.6 Å². The van der Waals surface area contributed by atoms with Crippen LogP contribution in [-0.2, 0) is 12.8 Å². The molecule has 0 saturated carbocycles. The van der Waals surface area contributed by atoms with E-state index in [-0.39, 0.29) is 6.67 Å². The van der Waals surface area contributed by atoms with Crippen LogP contribution in [0.25, 0.3) is 11.1 Å². The van der Waals surface area contributed by atoms with E-state index in [1.807, 2.05) is 25.1 Å². The number of nitrogens with zero attached hydrogens (tertiary/aromatic N) is 1. The normalized spacial score (nSPS) is 16.6. The Morgan fingerprint density at radius 1 is 0.944 bits per heavy atom. The van der Waals surface area contributed by atoms with Crippen LogP contribution in [0.3, 0.4) is 0 Å². The number of alkyl halides is 1. The van der Waals surface area contributed by atoms with Gasteiger partial charge in [0.15, 0.2) is 0 Å². The molecule has 0 unspecified atom stereocenters. The van der Waals surface area contributed by atoms with Gasteiger partial charge in [-0.3, -0.25) is 4.39 Å². The minimum absolute atomic E-state index is 0.259. The van der Waals surface area contributed by atoms with Crippen LogP contribution in [0.4, 0.5) is 13.2 Å². The van der Waals surface area contributed by atoms with Crippen LogP contribution in [0.1, 0.15) is 52.6 Å². The first-order valence-electron chi connectivity index (χ1n) is 12.8. The van der Waals surface area contributed by atoms with Gasteiger partial charge in [0, 0.05) is 30.7 Å². The lowest BCUT2D eigenvalue weighted by molar-refractivity contribution is 0.0968. The molecule has 3 aromatic rings. The predicted molar refractivity (Wildman–Crippen MR) is 142 cm³/mol. The first-order chi connectivity index (χ1) is 17.4. The number of benzene rings is 3. The smallest absolute Gasteiger partial charge is 0.129 e. The van der Waals surface area contributed by atoms with Gasteiger partial charge in [-0.25, -0.2) is 8.78 Å². The summed E-state index contributed by atoms with van der Waals surface area (Å²) in [4.78, 5) is 2.30. The average molecular weight is 510 g/mol. The standard InChI is InChI=1S/C31H31ClF3N/c1-20-6-11-25(29(32)14-20)27-5-2-4-26-28(16-24(34)17-30(26)35)31(27)23-9-7-21(8-10-23)15-22-18-36(19-22)13-3-12-33/h6-11,14,16-17,22H,2-5,12-13,15,18-19H2,1H3. The molecule has 188 valence electrons. The third-order valence-electron chi connectivity index (χ3n) is 7.44. The third kappa shape index (κ3) is 5.26. The molecule has 0 atom stereocenters. The lowest BCUT2D eigenvalue weighted by atomic mass is 9.86. The maximum Gasteiger partial charge on any atom is 0.129 e. The van der Waals surface area contributed by atoms with Crippen LogP contribution in [0.5, 0.6) is 0 Å². The summed E-state index contributed by atoms with van der Waals surface area (Å²) < 4.78 is 41.8. The molecule has 0 bridgehead atoms. The minimum Gasteiger partial charge on any atom is -0.303 e. The van der Waals surface area contributed by atoms with Gasteiger partial charge >= 0.3 is 0 Å². The Morgan fingerprint density at radius 3 is 2.44 bits per heavy atom. The fourth-order valence-electron chi connectivity index (χ4n) is 5.69. The molecular formula is C31H31ClF3N. The highest BCUT2D eigenvalue weighted by molar-refractivity contribution is 6.32. The largest absolute Gasteiger partial charge is 0.303 e. The number of aryl methyl sites for hydroxylation is 1. The van der Waals surface area contributed by atoms with Crippen molar-refractivity contribution in [2.24, 2.45) is 5.92 Å². The summed E-state index contributed by atoms with van der Waals surface area (Å²) in [7, 11) is 0. The quantitative estimate of drug-likeness (QED) is 0.311. The highest BCUT2D eigenvalue weighted by atomic mass is 35.5. The Bertz CT molecular complexity index is 1280. The lowest BCUT2D eigenvalue weighted by Gasteiger charge is -2.39. The topological polar surface area (TPSA) is 3.24 Å². The number of fused-ring (bicyclic) bond motifs is 1. The molecule has 1 nitrogen and oxygen atoms in total. The molecule has 36 heavy (non-hydrogen) atoms. The molecule has 1 saturated heterocycles. The lowest BCUT2D eigenvalue weighted by Crippen LogP contribution is -2.47. The van der Waals surface area contributed by atoms with E-state index in [1.54, 1.807) is 0 Å². The zero-order valence-corrected chi connectivity index (χ0v) is 21.4. The number of hydrogen-bond donors (Lipinski definition) is 0. The number of halogens is 4. The highest BCUT2D eigenvalue weighted by Crippen LogP contribution is 2.42. The van der Waals surface area contributed by atoms with Crippen LogP contribution in [0, 0.1) is 24.5 Å². The van der Waals surface area contributed by atoms with Gasteiger partial charge < -0.3 is 4.90 Å². The molecule has 0 N–H and O–H groups in total. The van der Waals surface area contributed by atoms with Crippen LogP contribution in [0.15, 0.2) is 54.6 Å². The summed E-state index contributed by atoms with van der Waals surface area (Å²) in [6.45, 7) is 4.59.